The second-order valence-electron chi connectivity index (χ2n) is 5.49. The zero-order valence-electron chi connectivity index (χ0n) is 12.5. The lowest BCUT2D eigenvalue weighted by molar-refractivity contribution is 0.0836. The van der Waals surface area contributed by atoms with E-state index in [9.17, 15) is 0 Å². The van der Waals surface area contributed by atoms with Crippen LogP contribution in [-0.4, -0.2) is 29.4 Å². The summed E-state index contributed by atoms with van der Waals surface area (Å²) in [6.07, 6.45) is 2.51. The number of halogens is 1. The van der Waals surface area contributed by atoms with Crippen molar-refractivity contribution < 1.29 is 9.47 Å². The molecule has 2 heterocycles. The fourth-order valence-electron chi connectivity index (χ4n) is 3.18. The molecule has 5 heteroatoms. The fourth-order valence-corrected chi connectivity index (χ4v) is 3.38. The number of imidazole rings is 1. The average molecular weight is 309 g/mol. The Morgan fingerprint density at radius 1 is 1.48 bits per heavy atom. The molecule has 0 amide bonds. The normalized spacial score (nSPS) is 22.0. The second kappa shape index (κ2) is 6.24. The van der Waals surface area contributed by atoms with Crippen LogP contribution in [0.25, 0.3) is 11.0 Å². The quantitative estimate of drug-likeness (QED) is 0.792. The molecule has 1 aromatic carbocycles. The van der Waals surface area contributed by atoms with E-state index < -0.39 is 0 Å². The summed E-state index contributed by atoms with van der Waals surface area (Å²) in [5.41, 5.74) is 2.06. The van der Waals surface area contributed by atoms with E-state index in [1.165, 1.54) is 0 Å². The van der Waals surface area contributed by atoms with Crippen LogP contribution in [0, 0.1) is 5.92 Å². The van der Waals surface area contributed by atoms with Gasteiger partial charge in [-0.1, -0.05) is 6.92 Å². The van der Waals surface area contributed by atoms with Crippen LogP contribution in [0.2, 0.25) is 0 Å². The summed E-state index contributed by atoms with van der Waals surface area (Å²) in [5.74, 6) is 2.70. The van der Waals surface area contributed by atoms with Crippen molar-refractivity contribution in [2.75, 3.05) is 13.7 Å². The van der Waals surface area contributed by atoms with Crippen LogP contribution in [0.4, 0.5) is 0 Å². The van der Waals surface area contributed by atoms with Crippen molar-refractivity contribution in [3.8, 4) is 5.75 Å². The van der Waals surface area contributed by atoms with Crippen molar-refractivity contribution >= 4 is 22.6 Å². The van der Waals surface area contributed by atoms with Gasteiger partial charge in [-0.2, -0.15) is 0 Å². The molecular formula is C16H21ClN2O2. The molecule has 0 radical (unpaired) electrons. The number of hydrogen-bond donors (Lipinski definition) is 0. The summed E-state index contributed by atoms with van der Waals surface area (Å²) < 4.78 is 13.3. The minimum Gasteiger partial charge on any atom is -0.497 e. The highest BCUT2D eigenvalue weighted by atomic mass is 35.5. The largest absolute Gasteiger partial charge is 0.497 e. The van der Waals surface area contributed by atoms with Crippen LogP contribution >= 0.6 is 11.6 Å². The van der Waals surface area contributed by atoms with E-state index in [1.807, 2.05) is 12.1 Å². The zero-order valence-corrected chi connectivity index (χ0v) is 13.3. The number of nitrogens with zero attached hydrogens (tertiary/aromatic N) is 2. The van der Waals surface area contributed by atoms with Gasteiger partial charge in [-0.05, 0) is 25.0 Å². The maximum Gasteiger partial charge on any atom is 0.124 e. The lowest BCUT2D eigenvalue weighted by Crippen LogP contribution is -2.21. The van der Waals surface area contributed by atoms with E-state index in [2.05, 4.69) is 22.5 Å². The van der Waals surface area contributed by atoms with Crippen molar-refractivity contribution in [1.29, 1.82) is 0 Å². The Bertz CT molecular complexity index is 626. The molecule has 1 fully saturated rings. The topological polar surface area (TPSA) is 36.3 Å². The summed E-state index contributed by atoms with van der Waals surface area (Å²) in [5, 5.41) is 0. The Labute approximate surface area is 130 Å². The van der Waals surface area contributed by atoms with E-state index in [4.69, 9.17) is 21.1 Å². The molecule has 2 aromatic rings. The Kier molecular flexibility index (Phi) is 4.36. The predicted molar refractivity (Wildman–Crippen MR) is 84.0 cm³/mol. The first-order valence-electron chi connectivity index (χ1n) is 7.47. The molecule has 4 nitrogen and oxygen atoms in total. The van der Waals surface area contributed by atoms with Crippen molar-refractivity contribution in [3.63, 3.8) is 0 Å². The molecule has 2 unspecified atom stereocenters. The summed E-state index contributed by atoms with van der Waals surface area (Å²) in [6.45, 7) is 3.96. The van der Waals surface area contributed by atoms with Crippen molar-refractivity contribution in [1.82, 2.24) is 9.55 Å². The molecule has 0 bridgehead atoms. The van der Waals surface area contributed by atoms with Crippen LogP contribution in [0.1, 0.15) is 25.6 Å². The van der Waals surface area contributed by atoms with Gasteiger partial charge in [-0.25, -0.2) is 4.98 Å². The monoisotopic (exact) mass is 308 g/mol. The van der Waals surface area contributed by atoms with Gasteiger partial charge in [0.15, 0.2) is 0 Å². The lowest BCUT2D eigenvalue weighted by Gasteiger charge is -2.19. The molecular weight excluding hydrogens is 288 g/mol. The second-order valence-corrected chi connectivity index (χ2v) is 5.76. The first kappa shape index (κ1) is 14.7. The van der Waals surface area contributed by atoms with Gasteiger partial charge in [-0.15, -0.1) is 11.6 Å². The van der Waals surface area contributed by atoms with Crippen LogP contribution in [0.3, 0.4) is 0 Å². The molecule has 1 aromatic heterocycles. The first-order chi connectivity index (χ1) is 10.3. The van der Waals surface area contributed by atoms with E-state index in [0.717, 1.165) is 48.6 Å². The van der Waals surface area contributed by atoms with Gasteiger partial charge in [0.25, 0.3) is 0 Å². The standard InChI is InChI=1S/C16H21ClN2O2/c1-3-15-11(6-7-21-15)10-19-14-5-4-12(20-2)8-13(14)18-16(19)9-17/h4-5,8,11,15H,3,6-7,9-10H2,1-2H3. The number of benzene rings is 1. The third kappa shape index (κ3) is 2.74. The van der Waals surface area contributed by atoms with Gasteiger partial charge >= 0.3 is 0 Å². The maximum absolute atomic E-state index is 6.09. The van der Waals surface area contributed by atoms with E-state index in [0.29, 0.717) is 17.9 Å². The fraction of sp³-hybridized carbons (Fsp3) is 0.562. The first-order valence-corrected chi connectivity index (χ1v) is 8.01. The molecule has 2 atom stereocenters. The molecule has 0 spiro atoms. The smallest absolute Gasteiger partial charge is 0.124 e. The number of fused-ring (bicyclic) bond motifs is 1. The molecule has 3 rings (SSSR count). The predicted octanol–water partition coefficient (Wildman–Crippen LogP) is 3.60. The van der Waals surface area contributed by atoms with E-state index >= 15 is 0 Å². The number of alkyl halides is 1. The molecule has 21 heavy (non-hydrogen) atoms. The minimum atomic E-state index is 0.351. The van der Waals surface area contributed by atoms with Gasteiger partial charge in [0.1, 0.15) is 11.6 Å². The van der Waals surface area contributed by atoms with Crippen molar-refractivity contribution in [3.05, 3.63) is 24.0 Å². The number of hydrogen-bond acceptors (Lipinski definition) is 3. The molecule has 114 valence electrons. The van der Waals surface area contributed by atoms with Crippen LogP contribution in [0.5, 0.6) is 5.75 Å². The molecule has 0 saturated carbocycles. The van der Waals surface area contributed by atoms with Crippen LogP contribution < -0.4 is 4.74 Å². The maximum atomic E-state index is 6.09. The van der Waals surface area contributed by atoms with Crippen LogP contribution in [-0.2, 0) is 17.2 Å². The number of aromatic nitrogens is 2. The van der Waals surface area contributed by atoms with Gasteiger partial charge in [0, 0.05) is 25.1 Å². The van der Waals surface area contributed by atoms with E-state index in [1.54, 1.807) is 7.11 Å². The summed E-state index contributed by atoms with van der Waals surface area (Å²) >= 11 is 6.09. The summed E-state index contributed by atoms with van der Waals surface area (Å²) in [6, 6.07) is 6.00. The van der Waals surface area contributed by atoms with Gasteiger partial charge in [0.2, 0.25) is 0 Å². The number of rotatable bonds is 5. The highest BCUT2D eigenvalue weighted by Crippen LogP contribution is 2.29. The van der Waals surface area contributed by atoms with Crippen LogP contribution in [0.15, 0.2) is 18.2 Å². The van der Waals surface area contributed by atoms with Gasteiger partial charge < -0.3 is 14.0 Å². The Morgan fingerprint density at radius 2 is 2.33 bits per heavy atom. The Balaban J connectivity index is 1.96. The molecule has 1 saturated heterocycles. The van der Waals surface area contributed by atoms with Crippen molar-refractivity contribution in [2.45, 2.75) is 38.3 Å². The Morgan fingerprint density at radius 3 is 3.05 bits per heavy atom. The number of methoxy groups -OCH3 is 1. The minimum absolute atomic E-state index is 0.351. The van der Waals surface area contributed by atoms with E-state index in [-0.39, 0.29) is 0 Å². The summed E-state index contributed by atoms with van der Waals surface area (Å²) in [4.78, 5) is 4.64. The average Bonchev–Trinajstić information content (AvgIpc) is 3.11. The zero-order chi connectivity index (χ0) is 14.8. The molecule has 1 aliphatic heterocycles. The van der Waals surface area contributed by atoms with Gasteiger partial charge in [0.05, 0.1) is 30.1 Å². The summed E-state index contributed by atoms with van der Waals surface area (Å²) in [7, 11) is 1.67. The SMILES string of the molecule is CCC1OCCC1Cn1c(CCl)nc2cc(OC)ccc21. The van der Waals surface area contributed by atoms with Gasteiger partial charge in [-0.3, -0.25) is 0 Å². The highest BCUT2D eigenvalue weighted by Gasteiger charge is 2.28. The highest BCUT2D eigenvalue weighted by molar-refractivity contribution is 6.16. The molecule has 0 N–H and O–H groups in total. The number of ether oxygens (including phenoxy) is 2. The molecule has 1 aliphatic rings. The third-order valence-electron chi connectivity index (χ3n) is 4.32. The van der Waals surface area contributed by atoms with Crippen molar-refractivity contribution in [2.24, 2.45) is 5.92 Å². The lowest BCUT2D eigenvalue weighted by atomic mass is 9.99. The molecule has 0 aliphatic carbocycles. The third-order valence-corrected chi connectivity index (χ3v) is 4.56. The Hall–Kier alpha value is -1.26.